The van der Waals surface area contributed by atoms with Crippen LogP contribution in [0.15, 0.2) is 6.20 Å². The van der Waals surface area contributed by atoms with Crippen LogP contribution in [0.4, 0.5) is 0 Å². The molecular formula is C9H14N2. The van der Waals surface area contributed by atoms with Gasteiger partial charge in [-0.3, -0.25) is 0 Å². The van der Waals surface area contributed by atoms with Gasteiger partial charge in [-0.1, -0.05) is 13.3 Å². The number of hydrogen-bond donors (Lipinski definition) is 0. The number of hydrogen-bond acceptors (Lipinski definition) is 1. The average Bonchev–Trinajstić information content (AvgIpc) is 2.53. The van der Waals surface area contributed by atoms with Crippen LogP contribution in [0.3, 0.4) is 0 Å². The zero-order valence-electron chi connectivity index (χ0n) is 7.01. The molecule has 2 heterocycles. The van der Waals surface area contributed by atoms with Gasteiger partial charge in [-0.25, -0.2) is 4.98 Å². The Morgan fingerprint density at radius 2 is 2.55 bits per heavy atom. The van der Waals surface area contributed by atoms with Gasteiger partial charge in [0, 0.05) is 24.9 Å². The Balaban J connectivity index is 2.27. The first-order chi connectivity index (χ1) is 5.42. The van der Waals surface area contributed by atoms with Crippen LogP contribution in [0.25, 0.3) is 0 Å². The number of rotatable bonds is 2. The molecule has 2 nitrogen and oxygen atoms in total. The smallest absolute Gasteiger partial charge is 0.108 e. The maximum Gasteiger partial charge on any atom is 0.108 e. The lowest BCUT2D eigenvalue weighted by atomic mass is 10.3. The summed E-state index contributed by atoms with van der Waals surface area (Å²) in [6.45, 7) is 3.42. The molecule has 2 heteroatoms. The lowest BCUT2D eigenvalue weighted by Crippen LogP contribution is -1.98. The minimum absolute atomic E-state index is 1.18. The van der Waals surface area contributed by atoms with E-state index in [9.17, 15) is 0 Å². The molecule has 2 rings (SSSR count). The summed E-state index contributed by atoms with van der Waals surface area (Å²) in [5.74, 6) is 1.30. The zero-order valence-corrected chi connectivity index (χ0v) is 7.01. The molecule has 0 atom stereocenters. The summed E-state index contributed by atoms with van der Waals surface area (Å²) in [5.41, 5.74) is 1.43. The van der Waals surface area contributed by atoms with Crippen molar-refractivity contribution in [2.45, 2.75) is 39.2 Å². The number of aromatic nitrogens is 2. The minimum atomic E-state index is 1.18. The predicted octanol–water partition coefficient (Wildman–Crippen LogP) is 1.78. The first-order valence-electron chi connectivity index (χ1n) is 4.45. The summed E-state index contributed by atoms with van der Waals surface area (Å²) in [6, 6.07) is 0. The molecule has 0 bridgehead atoms. The summed E-state index contributed by atoms with van der Waals surface area (Å²) < 4.78 is 2.38. The fourth-order valence-electron chi connectivity index (χ4n) is 1.78. The molecule has 0 spiro atoms. The molecule has 0 aliphatic carbocycles. The van der Waals surface area contributed by atoms with Crippen molar-refractivity contribution in [1.82, 2.24) is 9.55 Å². The van der Waals surface area contributed by atoms with E-state index in [4.69, 9.17) is 0 Å². The van der Waals surface area contributed by atoms with E-state index in [1.165, 1.54) is 43.7 Å². The first kappa shape index (κ1) is 6.89. The highest BCUT2D eigenvalue weighted by Crippen LogP contribution is 2.16. The van der Waals surface area contributed by atoms with Crippen LogP contribution in [-0.4, -0.2) is 9.55 Å². The summed E-state index contributed by atoms with van der Waals surface area (Å²) in [7, 11) is 0. The largest absolute Gasteiger partial charge is 0.332 e. The second kappa shape index (κ2) is 2.68. The highest BCUT2D eigenvalue weighted by molar-refractivity contribution is 5.08. The van der Waals surface area contributed by atoms with Crippen molar-refractivity contribution in [3.8, 4) is 0 Å². The molecule has 1 aromatic heterocycles. The maximum absolute atomic E-state index is 4.38. The number of imidazole rings is 1. The third kappa shape index (κ3) is 1.06. The van der Waals surface area contributed by atoms with E-state index in [1.807, 2.05) is 6.20 Å². The number of nitrogens with zero attached hydrogens (tertiary/aromatic N) is 2. The third-order valence-electron chi connectivity index (χ3n) is 2.31. The standard InChI is InChI=1S/C9H14N2/c1-2-4-8-7-10-9-5-3-6-11(8)9/h7H,2-6H2,1H3. The topological polar surface area (TPSA) is 17.8 Å². The Kier molecular flexibility index (Phi) is 1.68. The van der Waals surface area contributed by atoms with Crippen molar-refractivity contribution in [2.75, 3.05) is 0 Å². The van der Waals surface area contributed by atoms with Crippen molar-refractivity contribution in [3.05, 3.63) is 17.7 Å². The van der Waals surface area contributed by atoms with Crippen LogP contribution in [-0.2, 0) is 19.4 Å². The monoisotopic (exact) mass is 150 g/mol. The highest BCUT2D eigenvalue weighted by Gasteiger charge is 2.13. The SMILES string of the molecule is CCCc1cnc2n1CCC2. The molecule has 1 aliphatic heterocycles. The Labute approximate surface area is 67.3 Å². The van der Waals surface area contributed by atoms with Gasteiger partial charge < -0.3 is 4.57 Å². The van der Waals surface area contributed by atoms with Gasteiger partial charge in [0.05, 0.1) is 0 Å². The molecular weight excluding hydrogens is 136 g/mol. The Hall–Kier alpha value is -0.790. The number of aryl methyl sites for hydroxylation is 2. The molecule has 0 aromatic carbocycles. The van der Waals surface area contributed by atoms with Crippen molar-refractivity contribution in [2.24, 2.45) is 0 Å². The summed E-state index contributed by atoms with van der Waals surface area (Å²) >= 11 is 0. The van der Waals surface area contributed by atoms with Crippen molar-refractivity contribution < 1.29 is 0 Å². The van der Waals surface area contributed by atoms with Crippen molar-refractivity contribution in [1.29, 1.82) is 0 Å². The summed E-state index contributed by atoms with van der Waals surface area (Å²) in [6.07, 6.45) is 6.93. The molecule has 0 saturated heterocycles. The van der Waals surface area contributed by atoms with E-state index in [1.54, 1.807) is 0 Å². The normalized spacial score (nSPS) is 15.4. The van der Waals surface area contributed by atoms with E-state index in [-0.39, 0.29) is 0 Å². The Bertz CT molecular complexity index is 250. The van der Waals surface area contributed by atoms with Gasteiger partial charge in [-0.15, -0.1) is 0 Å². The van der Waals surface area contributed by atoms with Crippen LogP contribution in [0.2, 0.25) is 0 Å². The fourth-order valence-corrected chi connectivity index (χ4v) is 1.78. The second-order valence-corrected chi connectivity index (χ2v) is 3.17. The van der Waals surface area contributed by atoms with Gasteiger partial charge in [0.15, 0.2) is 0 Å². The van der Waals surface area contributed by atoms with Crippen LogP contribution in [0, 0.1) is 0 Å². The van der Waals surface area contributed by atoms with E-state index in [0.29, 0.717) is 0 Å². The van der Waals surface area contributed by atoms with Gasteiger partial charge in [0.1, 0.15) is 5.82 Å². The molecule has 0 amide bonds. The minimum Gasteiger partial charge on any atom is -0.332 e. The molecule has 0 N–H and O–H groups in total. The van der Waals surface area contributed by atoms with Gasteiger partial charge in [-0.05, 0) is 12.8 Å². The quantitative estimate of drug-likeness (QED) is 0.628. The predicted molar refractivity (Wildman–Crippen MR) is 44.5 cm³/mol. The molecule has 11 heavy (non-hydrogen) atoms. The fraction of sp³-hybridized carbons (Fsp3) is 0.667. The van der Waals surface area contributed by atoms with Crippen molar-refractivity contribution >= 4 is 0 Å². The highest BCUT2D eigenvalue weighted by atomic mass is 15.1. The molecule has 0 unspecified atom stereocenters. The van der Waals surface area contributed by atoms with E-state index < -0.39 is 0 Å². The van der Waals surface area contributed by atoms with E-state index >= 15 is 0 Å². The molecule has 0 radical (unpaired) electrons. The van der Waals surface area contributed by atoms with E-state index in [0.717, 1.165) is 0 Å². The van der Waals surface area contributed by atoms with Gasteiger partial charge >= 0.3 is 0 Å². The van der Waals surface area contributed by atoms with Crippen LogP contribution < -0.4 is 0 Å². The summed E-state index contributed by atoms with van der Waals surface area (Å²) in [5, 5.41) is 0. The average molecular weight is 150 g/mol. The van der Waals surface area contributed by atoms with Gasteiger partial charge in [0.2, 0.25) is 0 Å². The molecule has 0 fully saturated rings. The molecule has 60 valence electrons. The van der Waals surface area contributed by atoms with Gasteiger partial charge in [0.25, 0.3) is 0 Å². The number of fused-ring (bicyclic) bond motifs is 1. The Morgan fingerprint density at radius 3 is 3.36 bits per heavy atom. The summed E-state index contributed by atoms with van der Waals surface area (Å²) in [4.78, 5) is 4.38. The van der Waals surface area contributed by atoms with Crippen LogP contribution >= 0.6 is 0 Å². The molecule has 0 saturated carbocycles. The lowest BCUT2D eigenvalue weighted by molar-refractivity contribution is 0.695. The Morgan fingerprint density at radius 1 is 1.64 bits per heavy atom. The van der Waals surface area contributed by atoms with Crippen molar-refractivity contribution in [3.63, 3.8) is 0 Å². The first-order valence-corrected chi connectivity index (χ1v) is 4.45. The second-order valence-electron chi connectivity index (χ2n) is 3.17. The van der Waals surface area contributed by atoms with Gasteiger partial charge in [-0.2, -0.15) is 0 Å². The zero-order chi connectivity index (χ0) is 7.68. The lowest BCUT2D eigenvalue weighted by Gasteiger charge is -2.01. The molecule has 1 aromatic rings. The third-order valence-corrected chi connectivity index (χ3v) is 2.31. The van der Waals surface area contributed by atoms with Crippen LogP contribution in [0.5, 0.6) is 0 Å². The maximum atomic E-state index is 4.38. The molecule has 1 aliphatic rings. The van der Waals surface area contributed by atoms with Crippen LogP contribution in [0.1, 0.15) is 31.3 Å². The van der Waals surface area contributed by atoms with E-state index in [2.05, 4.69) is 16.5 Å².